The summed E-state index contributed by atoms with van der Waals surface area (Å²) >= 11 is 0. The average molecular weight is 461 g/mol. The SMILES string of the molecule is CCCCCOc1ccc(C(=O)N2CCN(c3ccc(Nc4ccc(C)cn4)nn3)CC2)cc1. The molecule has 1 amide bonds. The molecular weight excluding hydrogens is 428 g/mol. The lowest BCUT2D eigenvalue weighted by atomic mass is 10.1. The number of ether oxygens (including phenoxy) is 1. The lowest BCUT2D eigenvalue weighted by Gasteiger charge is -2.35. The van der Waals surface area contributed by atoms with Gasteiger partial charge in [-0.3, -0.25) is 4.79 Å². The predicted molar refractivity (Wildman–Crippen MR) is 134 cm³/mol. The number of hydrogen-bond acceptors (Lipinski definition) is 7. The van der Waals surface area contributed by atoms with E-state index < -0.39 is 0 Å². The topological polar surface area (TPSA) is 83.5 Å². The highest BCUT2D eigenvalue weighted by Crippen LogP contribution is 2.19. The summed E-state index contributed by atoms with van der Waals surface area (Å²) in [6, 6.07) is 15.2. The van der Waals surface area contributed by atoms with Crippen molar-refractivity contribution in [1.82, 2.24) is 20.1 Å². The molecule has 1 aromatic carbocycles. The van der Waals surface area contributed by atoms with Crippen molar-refractivity contribution >= 4 is 23.4 Å². The van der Waals surface area contributed by atoms with Gasteiger partial charge in [0.05, 0.1) is 6.61 Å². The number of amides is 1. The highest BCUT2D eigenvalue weighted by molar-refractivity contribution is 5.94. The molecule has 0 spiro atoms. The molecule has 3 aromatic rings. The fourth-order valence-corrected chi connectivity index (χ4v) is 3.79. The van der Waals surface area contributed by atoms with Crippen LogP contribution < -0.4 is 15.0 Å². The summed E-state index contributed by atoms with van der Waals surface area (Å²) < 4.78 is 5.75. The van der Waals surface area contributed by atoms with Gasteiger partial charge in [-0.05, 0) is 61.4 Å². The van der Waals surface area contributed by atoms with Gasteiger partial charge in [-0.2, -0.15) is 0 Å². The molecule has 0 unspecified atom stereocenters. The van der Waals surface area contributed by atoms with Crippen molar-refractivity contribution in [1.29, 1.82) is 0 Å². The Morgan fingerprint density at radius 1 is 0.941 bits per heavy atom. The van der Waals surface area contributed by atoms with Gasteiger partial charge in [-0.1, -0.05) is 25.8 Å². The van der Waals surface area contributed by atoms with Gasteiger partial charge in [0.2, 0.25) is 0 Å². The number of nitrogens with zero attached hydrogens (tertiary/aromatic N) is 5. The summed E-state index contributed by atoms with van der Waals surface area (Å²) in [4.78, 5) is 21.3. The standard InChI is InChI=1S/C26H32N6O2/c1-3-4-5-18-34-22-9-7-21(8-10-22)26(33)32-16-14-31(15-17-32)25-13-12-24(29-30-25)28-23-11-6-20(2)19-27-23/h6-13,19H,3-5,14-18H2,1-2H3,(H,27,28,29). The third kappa shape index (κ3) is 6.21. The number of rotatable bonds is 9. The molecule has 3 heterocycles. The number of aromatic nitrogens is 3. The summed E-state index contributed by atoms with van der Waals surface area (Å²) in [6.07, 6.45) is 5.20. The number of hydrogen-bond donors (Lipinski definition) is 1. The molecule has 178 valence electrons. The van der Waals surface area contributed by atoms with E-state index in [2.05, 4.69) is 32.3 Å². The van der Waals surface area contributed by atoms with Crippen LogP contribution >= 0.6 is 0 Å². The Kier molecular flexibility index (Phi) is 7.91. The monoisotopic (exact) mass is 460 g/mol. The maximum Gasteiger partial charge on any atom is 0.253 e. The number of pyridine rings is 1. The zero-order valence-corrected chi connectivity index (χ0v) is 19.9. The van der Waals surface area contributed by atoms with Crippen LogP contribution in [0.4, 0.5) is 17.5 Å². The molecule has 4 rings (SSSR count). The first kappa shape index (κ1) is 23.5. The fourth-order valence-electron chi connectivity index (χ4n) is 3.79. The van der Waals surface area contributed by atoms with E-state index in [1.54, 1.807) is 0 Å². The lowest BCUT2D eigenvalue weighted by Crippen LogP contribution is -2.49. The molecule has 0 bridgehead atoms. The van der Waals surface area contributed by atoms with Crippen LogP contribution in [-0.4, -0.2) is 58.8 Å². The molecule has 0 atom stereocenters. The molecule has 0 aliphatic carbocycles. The highest BCUT2D eigenvalue weighted by Gasteiger charge is 2.23. The molecule has 0 radical (unpaired) electrons. The minimum absolute atomic E-state index is 0.0495. The third-order valence-corrected chi connectivity index (χ3v) is 5.83. The highest BCUT2D eigenvalue weighted by atomic mass is 16.5. The zero-order valence-electron chi connectivity index (χ0n) is 19.9. The van der Waals surface area contributed by atoms with Crippen molar-refractivity contribution in [3.63, 3.8) is 0 Å². The van der Waals surface area contributed by atoms with Gasteiger partial charge in [0.15, 0.2) is 11.6 Å². The van der Waals surface area contributed by atoms with E-state index in [4.69, 9.17) is 4.74 Å². The largest absolute Gasteiger partial charge is 0.494 e. The molecule has 34 heavy (non-hydrogen) atoms. The van der Waals surface area contributed by atoms with Crippen LogP contribution in [0.3, 0.4) is 0 Å². The first-order valence-electron chi connectivity index (χ1n) is 11.9. The van der Waals surface area contributed by atoms with E-state index in [1.807, 2.05) is 66.6 Å². The fraction of sp³-hybridized carbons (Fsp3) is 0.385. The minimum Gasteiger partial charge on any atom is -0.494 e. The molecule has 8 nitrogen and oxygen atoms in total. The van der Waals surface area contributed by atoms with Crippen LogP contribution in [0.15, 0.2) is 54.7 Å². The van der Waals surface area contributed by atoms with Crippen molar-refractivity contribution < 1.29 is 9.53 Å². The van der Waals surface area contributed by atoms with Crippen LogP contribution in [0.25, 0.3) is 0 Å². The summed E-state index contributed by atoms with van der Waals surface area (Å²) in [5.74, 6) is 3.04. The van der Waals surface area contributed by atoms with Gasteiger partial charge >= 0.3 is 0 Å². The van der Waals surface area contributed by atoms with E-state index >= 15 is 0 Å². The summed E-state index contributed by atoms with van der Waals surface area (Å²) in [6.45, 7) is 7.60. The Hall–Kier alpha value is -3.68. The first-order chi connectivity index (χ1) is 16.6. The number of nitrogens with one attached hydrogen (secondary N) is 1. The number of piperazine rings is 1. The first-order valence-corrected chi connectivity index (χ1v) is 11.9. The van der Waals surface area contributed by atoms with Crippen LogP contribution in [0.5, 0.6) is 5.75 Å². The molecule has 2 aromatic heterocycles. The van der Waals surface area contributed by atoms with Gasteiger partial charge in [0.25, 0.3) is 5.91 Å². The van der Waals surface area contributed by atoms with Crippen molar-refractivity contribution in [2.75, 3.05) is 43.0 Å². The number of benzene rings is 1. The van der Waals surface area contributed by atoms with E-state index in [0.717, 1.165) is 29.4 Å². The second-order valence-corrected chi connectivity index (χ2v) is 8.48. The van der Waals surface area contributed by atoms with Crippen LogP contribution in [0.1, 0.15) is 42.1 Å². The van der Waals surface area contributed by atoms with Crippen LogP contribution in [0, 0.1) is 6.92 Å². The predicted octanol–water partition coefficient (Wildman–Crippen LogP) is 4.46. The summed E-state index contributed by atoms with van der Waals surface area (Å²) in [5, 5.41) is 11.8. The normalized spacial score (nSPS) is 13.6. The van der Waals surface area contributed by atoms with Crippen molar-refractivity contribution in [2.24, 2.45) is 0 Å². The van der Waals surface area contributed by atoms with E-state index in [1.165, 1.54) is 12.8 Å². The van der Waals surface area contributed by atoms with Gasteiger partial charge in [0, 0.05) is 37.9 Å². The van der Waals surface area contributed by atoms with Gasteiger partial charge in [0.1, 0.15) is 11.6 Å². The molecule has 1 aliphatic rings. The van der Waals surface area contributed by atoms with Gasteiger partial charge < -0.3 is 19.9 Å². The second-order valence-electron chi connectivity index (χ2n) is 8.48. The second kappa shape index (κ2) is 11.4. The van der Waals surface area contributed by atoms with Crippen molar-refractivity contribution in [3.8, 4) is 5.75 Å². The Morgan fingerprint density at radius 2 is 1.71 bits per heavy atom. The zero-order chi connectivity index (χ0) is 23.8. The Labute approximate surface area is 201 Å². The Morgan fingerprint density at radius 3 is 2.35 bits per heavy atom. The number of unbranched alkanes of at least 4 members (excludes halogenated alkanes) is 2. The van der Waals surface area contributed by atoms with Crippen LogP contribution in [-0.2, 0) is 0 Å². The Balaban J connectivity index is 1.26. The van der Waals surface area contributed by atoms with E-state index in [9.17, 15) is 4.79 Å². The smallest absolute Gasteiger partial charge is 0.253 e. The summed E-state index contributed by atoms with van der Waals surface area (Å²) in [5.41, 5.74) is 1.79. The molecule has 1 N–H and O–H groups in total. The maximum atomic E-state index is 12.9. The molecule has 8 heteroatoms. The van der Waals surface area contributed by atoms with Gasteiger partial charge in [-0.25, -0.2) is 4.98 Å². The number of carbonyl (C=O) groups is 1. The lowest BCUT2D eigenvalue weighted by molar-refractivity contribution is 0.0746. The van der Waals surface area contributed by atoms with Crippen molar-refractivity contribution in [3.05, 3.63) is 65.9 Å². The quantitative estimate of drug-likeness (QED) is 0.472. The van der Waals surface area contributed by atoms with Gasteiger partial charge in [-0.15, -0.1) is 10.2 Å². The molecule has 1 fully saturated rings. The number of aryl methyl sites for hydroxylation is 1. The van der Waals surface area contributed by atoms with Crippen LogP contribution in [0.2, 0.25) is 0 Å². The molecular formula is C26H32N6O2. The number of carbonyl (C=O) groups excluding carboxylic acids is 1. The van der Waals surface area contributed by atoms with Crippen molar-refractivity contribution in [2.45, 2.75) is 33.1 Å². The van der Waals surface area contributed by atoms with E-state index in [0.29, 0.717) is 44.2 Å². The minimum atomic E-state index is 0.0495. The maximum absolute atomic E-state index is 12.9. The molecule has 0 saturated carbocycles. The average Bonchev–Trinajstić information content (AvgIpc) is 2.88. The Bertz CT molecular complexity index is 1050. The molecule has 1 aliphatic heterocycles. The third-order valence-electron chi connectivity index (χ3n) is 5.83. The van der Waals surface area contributed by atoms with E-state index in [-0.39, 0.29) is 5.91 Å². The number of anilines is 3. The summed E-state index contributed by atoms with van der Waals surface area (Å²) in [7, 11) is 0. The molecule has 1 saturated heterocycles.